The molecule has 0 unspecified atom stereocenters. The molecule has 0 saturated carbocycles. The number of amides is 1. The van der Waals surface area contributed by atoms with E-state index in [1.54, 1.807) is 6.07 Å². The van der Waals surface area contributed by atoms with Gasteiger partial charge in [-0.3, -0.25) is 4.90 Å². The number of carbonyl (C=O) groups is 1. The zero-order chi connectivity index (χ0) is 17.0. The molecule has 0 fully saturated rings. The van der Waals surface area contributed by atoms with Crippen LogP contribution in [0.1, 0.15) is 31.9 Å². The number of rotatable bonds is 3. The van der Waals surface area contributed by atoms with Crippen LogP contribution < -0.4 is 4.90 Å². The quantitative estimate of drug-likeness (QED) is 0.782. The van der Waals surface area contributed by atoms with E-state index < -0.39 is 11.7 Å². The molecule has 122 valence electrons. The van der Waals surface area contributed by atoms with Crippen molar-refractivity contribution in [3.05, 3.63) is 52.9 Å². The predicted octanol–water partition coefficient (Wildman–Crippen LogP) is 4.38. The Morgan fingerprint density at radius 3 is 2.57 bits per heavy atom. The second-order valence-electron chi connectivity index (χ2n) is 6.18. The third-order valence-corrected chi connectivity index (χ3v) is 3.27. The fourth-order valence-corrected chi connectivity index (χ4v) is 2.13. The third kappa shape index (κ3) is 4.93. The Labute approximate surface area is 141 Å². The van der Waals surface area contributed by atoms with Crippen LogP contribution in [0, 0.1) is 6.92 Å². The summed E-state index contributed by atoms with van der Waals surface area (Å²) in [5.74, 6) is 0.405. The van der Waals surface area contributed by atoms with Gasteiger partial charge in [-0.1, -0.05) is 24.3 Å². The van der Waals surface area contributed by atoms with Crippen LogP contribution in [0.2, 0.25) is 5.28 Å². The van der Waals surface area contributed by atoms with Crippen molar-refractivity contribution in [1.29, 1.82) is 0 Å². The lowest BCUT2D eigenvalue weighted by Gasteiger charge is -2.27. The Kier molecular flexibility index (Phi) is 5.21. The largest absolute Gasteiger partial charge is 0.443 e. The van der Waals surface area contributed by atoms with Crippen LogP contribution in [0.15, 0.2) is 36.5 Å². The summed E-state index contributed by atoms with van der Waals surface area (Å²) in [6.45, 7) is 7.81. The van der Waals surface area contributed by atoms with Crippen molar-refractivity contribution in [1.82, 2.24) is 9.97 Å². The van der Waals surface area contributed by atoms with Gasteiger partial charge in [0.2, 0.25) is 5.28 Å². The number of aryl methyl sites for hydroxylation is 1. The van der Waals surface area contributed by atoms with Crippen LogP contribution in [0.3, 0.4) is 0 Å². The van der Waals surface area contributed by atoms with Gasteiger partial charge >= 0.3 is 6.09 Å². The summed E-state index contributed by atoms with van der Waals surface area (Å²) in [6.07, 6.45) is 1.04. The minimum Gasteiger partial charge on any atom is -0.443 e. The van der Waals surface area contributed by atoms with Crippen molar-refractivity contribution < 1.29 is 9.53 Å². The van der Waals surface area contributed by atoms with Crippen molar-refractivity contribution in [3.8, 4) is 0 Å². The van der Waals surface area contributed by atoms with Gasteiger partial charge < -0.3 is 4.74 Å². The molecule has 2 aromatic rings. The molecule has 1 aromatic heterocycles. The molecular weight excluding hydrogens is 314 g/mol. The molecule has 1 aromatic carbocycles. The molecule has 1 amide bonds. The molecule has 0 spiro atoms. The van der Waals surface area contributed by atoms with Crippen molar-refractivity contribution >= 4 is 23.5 Å². The number of hydrogen-bond donors (Lipinski definition) is 0. The smallest absolute Gasteiger partial charge is 0.416 e. The van der Waals surface area contributed by atoms with E-state index in [1.165, 1.54) is 11.1 Å². The highest BCUT2D eigenvalue weighted by Crippen LogP contribution is 2.21. The predicted molar refractivity (Wildman–Crippen MR) is 90.6 cm³/mol. The number of hydrogen-bond acceptors (Lipinski definition) is 4. The number of ether oxygens (including phenoxy) is 1. The second-order valence-corrected chi connectivity index (χ2v) is 6.51. The molecule has 1 heterocycles. The molecule has 0 radical (unpaired) electrons. The molecule has 0 aliphatic carbocycles. The first kappa shape index (κ1) is 17.2. The fraction of sp³-hybridized carbons (Fsp3) is 0.353. The van der Waals surface area contributed by atoms with E-state index in [1.807, 2.05) is 52.0 Å². The van der Waals surface area contributed by atoms with Crippen LogP contribution in [0.5, 0.6) is 0 Å². The first-order valence-corrected chi connectivity index (χ1v) is 7.67. The van der Waals surface area contributed by atoms with Gasteiger partial charge in [0, 0.05) is 6.20 Å². The normalized spacial score (nSPS) is 11.2. The maximum Gasteiger partial charge on any atom is 0.416 e. The van der Waals surface area contributed by atoms with E-state index in [0.29, 0.717) is 12.4 Å². The summed E-state index contributed by atoms with van der Waals surface area (Å²) >= 11 is 5.86. The molecule has 5 nitrogen and oxygen atoms in total. The van der Waals surface area contributed by atoms with Gasteiger partial charge in [0.25, 0.3) is 0 Å². The SMILES string of the molecule is Cc1ccccc1CN(C(=O)OC(C)(C)C)c1ccnc(Cl)n1. The van der Waals surface area contributed by atoms with E-state index >= 15 is 0 Å². The third-order valence-electron chi connectivity index (χ3n) is 3.09. The van der Waals surface area contributed by atoms with Gasteiger partial charge in [-0.05, 0) is 56.5 Å². The van der Waals surface area contributed by atoms with Crippen molar-refractivity contribution in [3.63, 3.8) is 0 Å². The lowest BCUT2D eigenvalue weighted by molar-refractivity contribution is 0.0576. The molecule has 0 atom stereocenters. The Bertz CT molecular complexity index is 698. The molecule has 0 aliphatic rings. The Morgan fingerprint density at radius 1 is 1.26 bits per heavy atom. The topological polar surface area (TPSA) is 55.3 Å². The number of halogens is 1. The second kappa shape index (κ2) is 6.96. The summed E-state index contributed by atoms with van der Waals surface area (Å²) in [7, 11) is 0. The molecule has 2 rings (SSSR count). The maximum atomic E-state index is 12.6. The van der Waals surface area contributed by atoms with E-state index in [0.717, 1.165) is 11.1 Å². The van der Waals surface area contributed by atoms with Gasteiger partial charge in [-0.25, -0.2) is 14.8 Å². The summed E-state index contributed by atoms with van der Waals surface area (Å²) in [5.41, 5.74) is 1.49. The molecule has 0 bridgehead atoms. The lowest BCUT2D eigenvalue weighted by atomic mass is 10.1. The van der Waals surface area contributed by atoms with Gasteiger partial charge in [-0.2, -0.15) is 0 Å². The molecule has 23 heavy (non-hydrogen) atoms. The highest BCUT2D eigenvalue weighted by Gasteiger charge is 2.25. The van der Waals surface area contributed by atoms with E-state index in [4.69, 9.17) is 16.3 Å². The highest BCUT2D eigenvalue weighted by molar-refractivity contribution is 6.28. The van der Waals surface area contributed by atoms with Crippen molar-refractivity contribution in [2.24, 2.45) is 0 Å². The van der Waals surface area contributed by atoms with Gasteiger partial charge in [0.15, 0.2) is 0 Å². The monoisotopic (exact) mass is 333 g/mol. The number of carbonyl (C=O) groups excluding carboxylic acids is 1. The average Bonchev–Trinajstić information content (AvgIpc) is 2.44. The first-order valence-electron chi connectivity index (χ1n) is 7.30. The fourth-order valence-electron chi connectivity index (χ4n) is 1.99. The Morgan fingerprint density at radius 2 is 1.96 bits per heavy atom. The number of anilines is 1. The van der Waals surface area contributed by atoms with Crippen LogP contribution in [0.25, 0.3) is 0 Å². The van der Waals surface area contributed by atoms with Crippen LogP contribution in [0.4, 0.5) is 10.6 Å². The average molecular weight is 334 g/mol. The molecule has 6 heteroatoms. The van der Waals surface area contributed by atoms with E-state index in [-0.39, 0.29) is 5.28 Å². The molecule has 0 saturated heterocycles. The van der Waals surface area contributed by atoms with Crippen LogP contribution in [-0.2, 0) is 11.3 Å². The van der Waals surface area contributed by atoms with Crippen molar-refractivity contribution in [2.75, 3.05) is 4.90 Å². The van der Waals surface area contributed by atoms with E-state index in [2.05, 4.69) is 9.97 Å². The number of nitrogens with zero attached hydrogens (tertiary/aromatic N) is 3. The number of aromatic nitrogens is 2. The Balaban J connectivity index is 2.35. The summed E-state index contributed by atoms with van der Waals surface area (Å²) in [6, 6.07) is 9.49. The molecule has 0 aliphatic heterocycles. The molecular formula is C17H20ClN3O2. The standard InChI is InChI=1S/C17H20ClN3O2/c1-12-7-5-6-8-13(12)11-21(16(22)23-17(2,3)4)14-9-10-19-15(18)20-14/h5-10H,11H2,1-4H3. The number of benzene rings is 1. The minimum atomic E-state index is -0.599. The minimum absolute atomic E-state index is 0.0841. The van der Waals surface area contributed by atoms with Gasteiger partial charge in [0.1, 0.15) is 11.4 Å². The van der Waals surface area contributed by atoms with Gasteiger partial charge in [0.05, 0.1) is 6.54 Å². The zero-order valence-corrected chi connectivity index (χ0v) is 14.5. The lowest BCUT2D eigenvalue weighted by Crippen LogP contribution is -2.37. The summed E-state index contributed by atoms with van der Waals surface area (Å²) < 4.78 is 5.49. The maximum absolute atomic E-state index is 12.6. The summed E-state index contributed by atoms with van der Waals surface area (Å²) in [4.78, 5) is 22.0. The zero-order valence-electron chi connectivity index (χ0n) is 13.7. The highest BCUT2D eigenvalue weighted by atomic mass is 35.5. The summed E-state index contributed by atoms with van der Waals surface area (Å²) in [5, 5.41) is 0.0841. The van der Waals surface area contributed by atoms with E-state index in [9.17, 15) is 4.79 Å². The van der Waals surface area contributed by atoms with Crippen LogP contribution in [-0.4, -0.2) is 21.7 Å². The first-order chi connectivity index (χ1) is 10.8. The van der Waals surface area contributed by atoms with Gasteiger partial charge in [-0.15, -0.1) is 0 Å². The van der Waals surface area contributed by atoms with Crippen LogP contribution >= 0.6 is 11.6 Å². The Hall–Kier alpha value is -2.14. The van der Waals surface area contributed by atoms with Crippen molar-refractivity contribution in [2.45, 2.75) is 39.8 Å². The molecule has 0 N–H and O–H groups in total.